The molecule has 0 saturated carbocycles. The number of carbonyl (C=O) groups is 1. The lowest BCUT2D eigenvalue weighted by atomic mass is 10.2. The van der Waals surface area contributed by atoms with Crippen molar-refractivity contribution in [1.82, 2.24) is 0 Å². The molecule has 104 valence electrons. The van der Waals surface area contributed by atoms with Crippen LogP contribution in [-0.2, 0) is 15.7 Å². The van der Waals surface area contributed by atoms with Crippen molar-refractivity contribution < 1.29 is 22.7 Å². The van der Waals surface area contributed by atoms with E-state index >= 15 is 0 Å². The number of hydrogen-bond donors (Lipinski definition) is 1. The predicted octanol–water partition coefficient (Wildman–Crippen LogP) is 3.24. The van der Waals surface area contributed by atoms with Crippen molar-refractivity contribution in [2.75, 3.05) is 19.0 Å². The van der Waals surface area contributed by atoms with Crippen molar-refractivity contribution in [3.05, 3.63) is 41.5 Å². The number of carbonyl (C=O) groups excluding carboxylic acids is 1. The van der Waals surface area contributed by atoms with Gasteiger partial charge in [-0.15, -0.1) is 0 Å². The first-order chi connectivity index (χ1) is 8.84. The maximum absolute atomic E-state index is 12.3. The van der Waals surface area contributed by atoms with Gasteiger partial charge in [-0.05, 0) is 31.2 Å². The van der Waals surface area contributed by atoms with Crippen LogP contribution in [-0.4, -0.2) is 19.6 Å². The summed E-state index contributed by atoms with van der Waals surface area (Å²) in [7, 11) is 1.28. The van der Waals surface area contributed by atoms with Gasteiger partial charge in [0, 0.05) is 17.8 Å². The quantitative estimate of drug-likeness (QED) is 0.676. The van der Waals surface area contributed by atoms with Crippen molar-refractivity contribution in [2.45, 2.75) is 13.1 Å². The van der Waals surface area contributed by atoms with Crippen molar-refractivity contribution in [3.8, 4) is 0 Å². The highest BCUT2D eigenvalue weighted by Gasteiger charge is 2.29. The molecule has 0 heterocycles. The van der Waals surface area contributed by atoms with E-state index in [4.69, 9.17) is 0 Å². The number of nitrogens with one attached hydrogen (secondary N) is 1. The molecule has 0 fully saturated rings. The van der Waals surface area contributed by atoms with Crippen LogP contribution < -0.4 is 5.32 Å². The largest absolute Gasteiger partial charge is 0.466 e. The second kappa shape index (κ2) is 6.26. The molecule has 0 bridgehead atoms. The molecule has 3 nitrogen and oxygen atoms in total. The minimum absolute atomic E-state index is 0.326. The first-order valence-corrected chi connectivity index (χ1v) is 5.51. The summed E-state index contributed by atoms with van der Waals surface area (Å²) in [5.74, 6) is -0.436. The Bertz CT molecular complexity index is 464. The molecule has 1 aromatic carbocycles. The molecule has 0 atom stereocenters. The number of anilines is 1. The van der Waals surface area contributed by atoms with Crippen LogP contribution in [0.2, 0.25) is 0 Å². The molecule has 19 heavy (non-hydrogen) atoms. The van der Waals surface area contributed by atoms with Gasteiger partial charge < -0.3 is 10.1 Å². The number of methoxy groups -OCH3 is 1. The standard InChI is InChI=1S/C13H14F3NO2/c1-9(12(18)19-2)7-8-17-11-5-3-10(4-6-11)13(14,15)16/h3-7,17H,8H2,1-2H3/b9-7+. The summed E-state index contributed by atoms with van der Waals surface area (Å²) in [6, 6.07) is 4.67. The van der Waals surface area contributed by atoms with Gasteiger partial charge in [0.05, 0.1) is 12.7 Å². The smallest absolute Gasteiger partial charge is 0.416 e. The molecule has 1 rings (SSSR count). The summed E-state index contributed by atoms with van der Waals surface area (Å²) in [5, 5.41) is 2.88. The minimum atomic E-state index is -4.33. The summed E-state index contributed by atoms with van der Waals surface area (Å²) >= 11 is 0. The molecule has 0 unspecified atom stereocenters. The van der Waals surface area contributed by atoms with E-state index < -0.39 is 17.7 Å². The maximum atomic E-state index is 12.3. The molecule has 0 aliphatic rings. The molecule has 0 spiro atoms. The topological polar surface area (TPSA) is 38.3 Å². The third-order valence-corrected chi connectivity index (χ3v) is 2.43. The van der Waals surface area contributed by atoms with E-state index in [1.54, 1.807) is 13.0 Å². The van der Waals surface area contributed by atoms with Crippen LogP contribution >= 0.6 is 0 Å². The molecule has 0 aliphatic carbocycles. The second-order valence-electron chi connectivity index (χ2n) is 3.83. The molecule has 1 aromatic rings. The average molecular weight is 273 g/mol. The van der Waals surface area contributed by atoms with Crippen molar-refractivity contribution in [3.63, 3.8) is 0 Å². The predicted molar refractivity (Wildman–Crippen MR) is 65.7 cm³/mol. The number of ether oxygens (including phenoxy) is 1. The van der Waals surface area contributed by atoms with Gasteiger partial charge >= 0.3 is 12.1 Å². The molecule has 0 saturated heterocycles. The first-order valence-electron chi connectivity index (χ1n) is 5.51. The number of rotatable bonds is 4. The van der Waals surface area contributed by atoms with E-state index in [0.29, 0.717) is 17.8 Å². The van der Waals surface area contributed by atoms with Crippen LogP contribution in [0.5, 0.6) is 0 Å². The normalized spacial score (nSPS) is 12.2. The molecule has 0 aliphatic heterocycles. The third kappa shape index (κ3) is 4.65. The lowest BCUT2D eigenvalue weighted by Crippen LogP contribution is -2.07. The monoisotopic (exact) mass is 273 g/mol. The van der Waals surface area contributed by atoms with Crippen LogP contribution in [0.1, 0.15) is 12.5 Å². The summed E-state index contributed by atoms with van der Waals surface area (Å²) in [6.45, 7) is 1.92. The highest BCUT2D eigenvalue weighted by Crippen LogP contribution is 2.29. The summed E-state index contributed by atoms with van der Waals surface area (Å²) in [6.07, 6.45) is -2.73. The zero-order chi connectivity index (χ0) is 14.5. The van der Waals surface area contributed by atoms with Crippen molar-refractivity contribution in [2.24, 2.45) is 0 Å². The molecule has 0 aromatic heterocycles. The van der Waals surface area contributed by atoms with Gasteiger partial charge in [0.1, 0.15) is 0 Å². The lowest BCUT2D eigenvalue weighted by molar-refractivity contribution is -0.137. The summed E-state index contributed by atoms with van der Waals surface area (Å²) < 4.78 is 41.5. The number of halogens is 3. The molecule has 1 N–H and O–H groups in total. The Balaban J connectivity index is 2.58. The van der Waals surface area contributed by atoms with Crippen LogP contribution in [0.3, 0.4) is 0 Å². The number of alkyl halides is 3. The van der Waals surface area contributed by atoms with E-state index in [1.807, 2.05) is 0 Å². The van der Waals surface area contributed by atoms with Gasteiger partial charge in [0.15, 0.2) is 0 Å². The molecular formula is C13H14F3NO2. The summed E-state index contributed by atoms with van der Waals surface area (Å²) in [4.78, 5) is 11.1. The Morgan fingerprint density at radius 2 is 1.89 bits per heavy atom. The van der Waals surface area contributed by atoms with Crippen LogP contribution in [0.25, 0.3) is 0 Å². The molecule has 0 amide bonds. The fourth-order valence-corrected chi connectivity index (χ4v) is 1.34. The molecular weight excluding hydrogens is 259 g/mol. The van der Waals surface area contributed by atoms with E-state index in [9.17, 15) is 18.0 Å². The van der Waals surface area contributed by atoms with Crippen molar-refractivity contribution >= 4 is 11.7 Å². The Hall–Kier alpha value is -1.98. The van der Waals surface area contributed by atoms with E-state index in [-0.39, 0.29) is 0 Å². The van der Waals surface area contributed by atoms with Crippen LogP contribution in [0.15, 0.2) is 35.9 Å². The molecule has 6 heteroatoms. The first kappa shape index (κ1) is 15.1. The fourth-order valence-electron chi connectivity index (χ4n) is 1.34. The summed E-state index contributed by atoms with van der Waals surface area (Å²) in [5.41, 5.74) is 0.281. The lowest BCUT2D eigenvalue weighted by Gasteiger charge is -2.08. The number of esters is 1. The zero-order valence-electron chi connectivity index (χ0n) is 10.5. The molecule has 0 radical (unpaired) electrons. The average Bonchev–Trinajstić information content (AvgIpc) is 2.37. The van der Waals surface area contributed by atoms with Gasteiger partial charge in [-0.2, -0.15) is 13.2 Å². The minimum Gasteiger partial charge on any atom is -0.466 e. The van der Waals surface area contributed by atoms with Crippen LogP contribution in [0, 0.1) is 0 Å². The third-order valence-electron chi connectivity index (χ3n) is 2.43. The van der Waals surface area contributed by atoms with Gasteiger partial charge in [-0.1, -0.05) is 6.08 Å². The Morgan fingerprint density at radius 3 is 2.37 bits per heavy atom. The zero-order valence-corrected chi connectivity index (χ0v) is 10.5. The number of benzene rings is 1. The maximum Gasteiger partial charge on any atom is 0.416 e. The Labute approximate surface area is 109 Å². The van der Waals surface area contributed by atoms with Crippen molar-refractivity contribution in [1.29, 1.82) is 0 Å². The Kier molecular flexibility index (Phi) is 4.97. The van der Waals surface area contributed by atoms with E-state index in [2.05, 4.69) is 10.1 Å². The van der Waals surface area contributed by atoms with Gasteiger partial charge in [0.25, 0.3) is 0 Å². The van der Waals surface area contributed by atoms with Crippen LogP contribution in [0.4, 0.5) is 18.9 Å². The highest BCUT2D eigenvalue weighted by molar-refractivity contribution is 5.87. The van der Waals surface area contributed by atoms with Gasteiger partial charge in [-0.25, -0.2) is 4.79 Å². The van der Waals surface area contributed by atoms with Gasteiger partial charge in [0.2, 0.25) is 0 Å². The van der Waals surface area contributed by atoms with E-state index in [1.165, 1.54) is 19.2 Å². The van der Waals surface area contributed by atoms with E-state index in [0.717, 1.165) is 12.1 Å². The fraction of sp³-hybridized carbons (Fsp3) is 0.308. The van der Waals surface area contributed by atoms with Gasteiger partial charge in [-0.3, -0.25) is 0 Å². The second-order valence-corrected chi connectivity index (χ2v) is 3.83. The Morgan fingerprint density at radius 1 is 1.32 bits per heavy atom. The highest BCUT2D eigenvalue weighted by atomic mass is 19.4. The SMILES string of the molecule is COC(=O)/C(C)=C/CNc1ccc(C(F)(F)F)cc1. The number of hydrogen-bond acceptors (Lipinski definition) is 3.